The van der Waals surface area contributed by atoms with Gasteiger partial charge in [0.2, 0.25) is 5.91 Å². The van der Waals surface area contributed by atoms with Crippen molar-refractivity contribution in [1.82, 2.24) is 0 Å². The third-order valence-electron chi connectivity index (χ3n) is 2.77. The second-order valence-electron chi connectivity index (χ2n) is 4.01. The highest BCUT2D eigenvalue weighted by atomic mass is 32.1. The quantitative estimate of drug-likeness (QED) is 0.821. The lowest BCUT2D eigenvalue weighted by molar-refractivity contribution is 0.100. The standard InChI is InChI=1S/C15H14N2OS.C2H6/c1-3-9-7-14(19-13(9)4-2)11-6-5-10(16)8-12(11)15(17)18;1-2/h3-8H,1-2,16H2,(H2,17,18);1-2H3. The maximum atomic E-state index is 11.5. The largest absolute Gasteiger partial charge is 0.399 e. The molecule has 3 nitrogen and oxygen atoms in total. The summed E-state index contributed by atoms with van der Waals surface area (Å²) in [7, 11) is 0. The second-order valence-corrected chi connectivity index (χ2v) is 5.09. The van der Waals surface area contributed by atoms with Crippen LogP contribution in [0.1, 0.15) is 34.6 Å². The Bertz CT molecular complexity index is 646. The Balaban J connectivity index is 0.00000106. The zero-order valence-corrected chi connectivity index (χ0v) is 13.2. The molecule has 1 aromatic heterocycles. The lowest BCUT2D eigenvalue weighted by Gasteiger charge is -2.05. The first-order valence-electron chi connectivity index (χ1n) is 6.65. The molecule has 110 valence electrons. The lowest BCUT2D eigenvalue weighted by atomic mass is 10.0. The van der Waals surface area contributed by atoms with Crippen molar-refractivity contribution in [2.45, 2.75) is 13.8 Å². The van der Waals surface area contributed by atoms with E-state index < -0.39 is 5.91 Å². The Morgan fingerprint density at radius 2 is 1.86 bits per heavy atom. The maximum absolute atomic E-state index is 11.5. The summed E-state index contributed by atoms with van der Waals surface area (Å²) in [6.45, 7) is 11.5. The number of hydrogen-bond acceptors (Lipinski definition) is 3. The monoisotopic (exact) mass is 300 g/mol. The highest BCUT2D eigenvalue weighted by Crippen LogP contribution is 2.35. The highest BCUT2D eigenvalue weighted by molar-refractivity contribution is 7.16. The van der Waals surface area contributed by atoms with Crippen LogP contribution in [0, 0.1) is 0 Å². The molecule has 1 aromatic carbocycles. The highest BCUT2D eigenvalue weighted by Gasteiger charge is 2.13. The van der Waals surface area contributed by atoms with Gasteiger partial charge in [0.05, 0.1) is 0 Å². The van der Waals surface area contributed by atoms with Gasteiger partial charge in [0.1, 0.15) is 0 Å². The Kier molecular flexibility index (Phi) is 5.93. The van der Waals surface area contributed by atoms with Crippen molar-refractivity contribution in [3.05, 3.63) is 53.4 Å². The average molecular weight is 300 g/mol. The fourth-order valence-electron chi connectivity index (χ4n) is 1.85. The number of nitrogens with two attached hydrogens (primary N) is 2. The first-order chi connectivity index (χ1) is 10.1. The predicted octanol–water partition coefficient (Wildman–Crippen LogP) is 4.41. The van der Waals surface area contributed by atoms with Crippen LogP contribution < -0.4 is 11.5 Å². The van der Waals surface area contributed by atoms with Crippen LogP contribution in [0.3, 0.4) is 0 Å². The molecule has 0 saturated carbocycles. The van der Waals surface area contributed by atoms with Crippen LogP contribution in [-0.4, -0.2) is 5.91 Å². The molecule has 21 heavy (non-hydrogen) atoms. The summed E-state index contributed by atoms with van der Waals surface area (Å²) < 4.78 is 0. The molecule has 2 rings (SSSR count). The van der Waals surface area contributed by atoms with Crippen molar-refractivity contribution < 1.29 is 4.79 Å². The number of primary amides is 1. The van der Waals surface area contributed by atoms with E-state index in [1.54, 1.807) is 30.4 Å². The second kappa shape index (κ2) is 7.45. The fraction of sp³-hybridized carbons (Fsp3) is 0.118. The summed E-state index contributed by atoms with van der Waals surface area (Å²) in [6, 6.07) is 7.12. The van der Waals surface area contributed by atoms with E-state index in [4.69, 9.17) is 11.5 Å². The number of amides is 1. The van der Waals surface area contributed by atoms with Crippen molar-refractivity contribution in [3.8, 4) is 10.4 Å². The number of hydrogen-bond donors (Lipinski definition) is 2. The van der Waals surface area contributed by atoms with Gasteiger partial charge in [0, 0.05) is 26.6 Å². The zero-order valence-electron chi connectivity index (χ0n) is 12.3. The summed E-state index contributed by atoms with van der Waals surface area (Å²) in [5.74, 6) is -0.490. The van der Waals surface area contributed by atoms with E-state index >= 15 is 0 Å². The summed E-state index contributed by atoms with van der Waals surface area (Å²) in [4.78, 5) is 13.5. The van der Waals surface area contributed by atoms with Gasteiger partial charge >= 0.3 is 0 Å². The predicted molar refractivity (Wildman–Crippen MR) is 94.2 cm³/mol. The van der Waals surface area contributed by atoms with Gasteiger partial charge in [-0.15, -0.1) is 11.3 Å². The number of carbonyl (C=O) groups excluding carboxylic acids is 1. The van der Waals surface area contributed by atoms with Crippen LogP contribution in [0.4, 0.5) is 5.69 Å². The Morgan fingerprint density at radius 1 is 1.19 bits per heavy atom. The third-order valence-corrected chi connectivity index (χ3v) is 3.95. The Morgan fingerprint density at radius 3 is 2.33 bits per heavy atom. The van der Waals surface area contributed by atoms with Crippen LogP contribution in [0.5, 0.6) is 0 Å². The SMILES string of the molecule is C=Cc1cc(-c2ccc(N)cc2C(N)=O)sc1C=C.CC. The van der Waals surface area contributed by atoms with Gasteiger partial charge in [-0.2, -0.15) is 0 Å². The van der Waals surface area contributed by atoms with Crippen LogP contribution in [0.2, 0.25) is 0 Å². The molecule has 4 heteroatoms. The smallest absolute Gasteiger partial charge is 0.249 e. The molecule has 0 bridgehead atoms. The minimum absolute atomic E-state index is 0.424. The Hall–Kier alpha value is -2.33. The van der Waals surface area contributed by atoms with E-state index in [9.17, 15) is 4.79 Å². The van der Waals surface area contributed by atoms with Crippen LogP contribution in [-0.2, 0) is 0 Å². The van der Waals surface area contributed by atoms with Gasteiger partial charge in [0.15, 0.2) is 0 Å². The lowest BCUT2D eigenvalue weighted by Crippen LogP contribution is -2.12. The van der Waals surface area contributed by atoms with Gasteiger partial charge in [-0.05, 0) is 23.8 Å². The van der Waals surface area contributed by atoms with Crippen LogP contribution >= 0.6 is 11.3 Å². The number of carbonyl (C=O) groups is 1. The number of benzene rings is 1. The first kappa shape index (κ1) is 16.7. The molecule has 0 aliphatic heterocycles. The molecule has 0 atom stereocenters. The van der Waals surface area contributed by atoms with E-state index in [2.05, 4.69) is 13.2 Å². The van der Waals surface area contributed by atoms with Gasteiger partial charge in [-0.25, -0.2) is 0 Å². The van der Waals surface area contributed by atoms with Crippen LogP contribution in [0.15, 0.2) is 37.4 Å². The van der Waals surface area contributed by atoms with Crippen molar-refractivity contribution in [2.24, 2.45) is 5.73 Å². The van der Waals surface area contributed by atoms with E-state index in [1.165, 1.54) is 11.3 Å². The summed E-state index contributed by atoms with van der Waals surface area (Å²) in [5.41, 5.74) is 13.8. The Labute approximate surface area is 129 Å². The molecule has 0 unspecified atom stereocenters. The van der Waals surface area contributed by atoms with E-state index in [-0.39, 0.29) is 0 Å². The molecular weight excluding hydrogens is 280 g/mol. The van der Waals surface area contributed by atoms with Gasteiger partial charge in [0.25, 0.3) is 0 Å². The topological polar surface area (TPSA) is 69.1 Å². The molecule has 0 aliphatic rings. The molecule has 0 aliphatic carbocycles. The molecule has 4 N–H and O–H groups in total. The molecular formula is C17H20N2OS. The minimum atomic E-state index is -0.490. The molecule has 1 amide bonds. The summed E-state index contributed by atoms with van der Waals surface area (Å²) in [6.07, 6.45) is 3.53. The molecule has 1 heterocycles. The molecule has 0 saturated heterocycles. The first-order valence-corrected chi connectivity index (χ1v) is 7.47. The molecule has 0 spiro atoms. The van der Waals surface area contributed by atoms with E-state index in [1.807, 2.05) is 19.9 Å². The fourth-order valence-corrected chi connectivity index (χ4v) is 2.91. The van der Waals surface area contributed by atoms with Gasteiger partial charge in [-0.1, -0.05) is 45.2 Å². The van der Waals surface area contributed by atoms with Crippen molar-refractivity contribution in [1.29, 1.82) is 0 Å². The van der Waals surface area contributed by atoms with Gasteiger partial charge < -0.3 is 11.5 Å². The summed E-state index contributed by atoms with van der Waals surface area (Å²) in [5, 5.41) is 0. The number of thiophene rings is 1. The third kappa shape index (κ3) is 3.61. The van der Waals surface area contributed by atoms with Crippen molar-refractivity contribution in [2.75, 3.05) is 5.73 Å². The average Bonchev–Trinajstić information content (AvgIpc) is 2.92. The zero-order chi connectivity index (χ0) is 16.0. The molecule has 0 fully saturated rings. The minimum Gasteiger partial charge on any atom is -0.399 e. The number of anilines is 1. The van der Waals surface area contributed by atoms with E-state index in [0.717, 1.165) is 20.9 Å². The van der Waals surface area contributed by atoms with E-state index in [0.29, 0.717) is 11.3 Å². The summed E-state index contributed by atoms with van der Waals surface area (Å²) >= 11 is 1.54. The number of rotatable bonds is 4. The van der Waals surface area contributed by atoms with Crippen LogP contribution in [0.25, 0.3) is 22.6 Å². The molecule has 0 radical (unpaired) electrons. The van der Waals surface area contributed by atoms with Crippen molar-refractivity contribution in [3.63, 3.8) is 0 Å². The molecule has 2 aromatic rings. The maximum Gasteiger partial charge on any atom is 0.249 e. The van der Waals surface area contributed by atoms with Gasteiger partial charge in [-0.3, -0.25) is 4.79 Å². The van der Waals surface area contributed by atoms with Crippen molar-refractivity contribution >= 4 is 35.1 Å². The normalized spacial score (nSPS) is 9.43. The number of nitrogen functional groups attached to an aromatic ring is 1.